The van der Waals surface area contributed by atoms with Crippen LogP contribution in [-0.4, -0.2) is 23.4 Å². The highest BCUT2D eigenvalue weighted by atomic mass is 16.6. The molecule has 0 fully saturated rings. The molecule has 1 aromatic heterocycles. The van der Waals surface area contributed by atoms with E-state index in [1.54, 1.807) is 12.1 Å². The van der Waals surface area contributed by atoms with E-state index in [4.69, 9.17) is 5.73 Å². The fraction of sp³-hybridized carbons (Fsp3) is 0.400. The number of fused-ring (bicyclic) bond motifs is 1. The third-order valence-corrected chi connectivity index (χ3v) is 2.44. The number of unbranched alkanes of at least 4 members (excludes halogenated alkanes) is 1. The summed E-state index contributed by atoms with van der Waals surface area (Å²) in [5.74, 6) is 0. The van der Waals surface area contributed by atoms with E-state index in [9.17, 15) is 4.91 Å². The molecule has 2 aromatic rings. The minimum Gasteiger partial charge on any atom is -0.383 e. The highest BCUT2D eigenvalue weighted by Crippen LogP contribution is 2.28. The van der Waals surface area contributed by atoms with Gasteiger partial charge < -0.3 is 11.1 Å². The molecular weight excluding hydrogens is 222 g/mol. The molecule has 0 bridgehead atoms. The number of nitrogens with one attached hydrogen (secondary N) is 1. The second kappa shape index (κ2) is 5.35. The molecule has 0 radical (unpaired) electrons. The monoisotopic (exact) mass is 235 g/mol. The molecule has 3 N–H and O–H groups in total. The van der Waals surface area contributed by atoms with Gasteiger partial charge in [0.25, 0.3) is 0 Å². The first-order valence-electron chi connectivity index (χ1n) is 5.39. The first kappa shape index (κ1) is 11.5. The SMILES string of the molecule is NCCCCNc1ccc(N=O)c2nonc12. The maximum Gasteiger partial charge on any atom is 0.166 e. The minimum atomic E-state index is 0.230. The molecule has 0 aliphatic rings. The number of benzene rings is 1. The molecular formula is C10H13N5O2. The number of nitroso groups, excluding NO2 is 1. The van der Waals surface area contributed by atoms with E-state index in [-0.39, 0.29) is 5.69 Å². The highest BCUT2D eigenvalue weighted by molar-refractivity contribution is 5.94. The predicted octanol–water partition coefficient (Wildman–Crippen LogP) is 1.77. The van der Waals surface area contributed by atoms with Crippen molar-refractivity contribution in [3.63, 3.8) is 0 Å². The number of aromatic nitrogens is 2. The fourth-order valence-electron chi connectivity index (χ4n) is 1.56. The van der Waals surface area contributed by atoms with Crippen molar-refractivity contribution >= 4 is 22.4 Å². The van der Waals surface area contributed by atoms with Gasteiger partial charge in [0.2, 0.25) is 0 Å². The minimum absolute atomic E-state index is 0.230. The van der Waals surface area contributed by atoms with Gasteiger partial charge in [0.05, 0.1) is 5.69 Å². The van der Waals surface area contributed by atoms with Crippen molar-refractivity contribution in [1.82, 2.24) is 10.3 Å². The van der Waals surface area contributed by atoms with Crippen LogP contribution in [0.5, 0.6) is 0 Å². The Balaban J connectivity index is 2.17. The highest BCUT2D eigenvalue weighted by Gasteiger charge is 2.11. The van der Waals surface area contributed by atoms with Gasteiger partial charge in [0.1, 0.15) is 5.69 Å². The summed E-state index contributed by atoms with van der Waals surface area (Å²) in [7, 11) is 0. The van der Waals surface area contributed by atoms with Gasteiger partial charge in [0, 0.05) is 6.54 Å². The molecule has 90 valence electrons. The molecule has 0 unspecified atom stereocenters. The average Bonchev–Trinajstić information content (AvgIpc) is 2.84. The molecule has 0 aliphatic heterocycles. The summed E-state index contributed by atoms with van der Waals surface area (Å²) in [6.07, 6.45) is 1.93. The van der Waals surface area contributed by atoms with E-state index in [0.717, 1.165) is 25.1 Å². The van der Waals surface area contributed by atoms with E-state index >= 15 is 0 Å². The van der Waals surface area contributed by atoms with Gasteiger partial charge in [-0.25, -0.2) is 4.63 Å². The second-order valence-electron chi connectivity index (χ2n) is 3.61. The lowest BCUT2D eigenvalue weighted by Gasteiger charge is -2.05. The van der Waals surface area contributed by atoms with Gasteiger partial charge in [-0.15, -0.1) is 4.91 Å². The Kier molecular flexibility index (Phi) is 3.61. The summed E-state index contributed by atoms with van der Waals surface area (Å²) in [6.45, 7) is 1.46. The Labute approximate surface area is 97.3 Å². The zero-order valence-corrected chi connectivity index (χ0v) is 9.22. The van der Waals surface area contributed by atoms with E-state index in [1.165, 1.54) is 0 Å². The van der Waals surface area contributed by atoms with Gasteiger partial charge >= 0.3 is 0 Å². The Morgan fingerprint density at radius 2 is 2.12 bits per heavy atom. The van der Waals surface area contributed by atoms with Crippen molar-refractivity contribution in [2.75, 3.05) is 18.4 Å². The Morgan fingerprint density at radius 1 is 1.29 bits per heavy atom. The lowest BCUT2D eigenvalue weighted by molar-refractivity contribution is 0.315. The summed E-state index contributed by atoms with van der Waals surface area (Å²) in [5.41, 5.74) is 7.32. The number of hydrogen-bond donors (Lipinski definition) is 2. The van der Waals surface area contributed by atoms with Crippen LogP contribution < -0.4 is 11.1 Å². The fourth-order valence-corrected chi connectivity index (χ4v) is 1.56. The van der Waals surface area contributed by atoms with Crippen molar-refractivity contribution in [3.8, 4) is 0 Å². The van der Waals surface area contributed by atoms with Crippen LogP contribution in [0.1, 0.15) is 12.8 Å². The van der Waals surface area contributed by atoms with Crippen molar-refractivity contribution in [2.24, 2.45) is 10.9 Å². The third kappa shape index (κ3) is 2.39. The molecule has 17 heavy (non-hydrogen) atoms. The third-order valence-electron chi connectivity index (χ3n) is 2.44. The van der Waals surface area contributed by atoms with Crippen molar-refractivity contribution in [3.05, 3.63) is 17.0 Å². The molecule has 1 heterocycles. The van der Waals surface area contributed by atoms with Crippen molar-refractivity contribution in [2.45, 2.75) is 12.8 Å². The van der Waals surface area contributed by atoms with Crippen LogP contribution in [0.2, 0.25) is 0 Å². The zero-order chi connectivity index (χ0) is 12.1. The van der Waals surface area contributed by atoms with Crippen LogP contribution in [-0.2, 0) is 0 Å². The molecule has 1 aromatic carbocycles. The lowest BCUT2D eigenvalue weighted by atomic mass is 10.2. The van der Waals surface area contributed by atoms with Crippen LogP contribution in [0.4, 0.5) is 11.4 Å². The predicted molar refractivity (Wildman–Crippen MR) is 64.0 cm³/mol. The summed E-state index contributed by atoms with van der Waals surface area (Å²) < 4.78 is 4.62. The van der Waals surface area contributed by atoms with Crippen LogP contribution >= 0.6 is 0 Å². The summed E-state index contributed by atoms with van der Waals surface area (Å²) in [4.78, 5) is 10.5. The second-order valence-corrected chi connectivity index (χ2v) is 3.61. The first-order chi connectivity index (χ1) is 8.36. The summed E-state index contributed by atoms with van der Waals surface area (Å²) >= 11 is 0. The van der Waals surface area contributed by atoms with Gasteiger partial charge in [-0.3, -0.25) is 0 Å². The van der Waals surface area contributed by atoms with Crippen molar-refractivity contribution < 1.29 is 4.63 Å². The van der Waals surface area contributed by atoms with Crippen LogP contribution in [0, 0.1) is 4.91 Å². The summed E-state index contributed by atoms with van der Waals surface area (Å²) in [5, 5.41) is 13.5. The summed E-state index contributed by atoms with van der Waals surface area (Å²) in [6, 6.07) is 3.33. The Bertz CT molecular complexity index is 510. The van der Waals surface area contributed by atoms with Crippen LogP contribution in [0.15, 0.2) is 21.9 Å². The van der Waals surface area contributed by atoms with Gasteiger partial charge in [0.15, 0.2) is 11.0 Å². The number of anilines is 1. The Hall–Kier alpha value is -2.02. The molecule has 0 spiro atoms. The molecule has 0 aliphatic carbocycles. The van der Waals surface area contributed by atoms with Crippen molar-refractivity contribution in [1.29, 1.82) is 0 Å². The lowest BCUT2D eigenvalue weighted by Crippen LogP contribution is -2.05. The van der Waals surface area contributed by atoms with Gasteiger partial charge in [-0.2, -0.15) is 0 Å². The number of nitrogens with zero attached hydrogens (tertiary/aromatic N) is 3. The molecule has 0 saturated carbocycles. The standard InChI is InChI=1S/C10H13N5O2/c11-5-1-2-6-12-7-3-4-8(13-16)10-9(7)14-17-15-10/h3-4,12H,1-2,5-6,11H2. The van der Waals surface area contributed by atoms with Gasteiger partial charge in [-0.1, -0.05) is 0 Å². The molecule has 2 rings (SSSR count). The zero-order valence-electron chi connectivity index (χ0n) is 9.22. The molecule has 7 heteroatoms. The van der Waals surface area contributed by atoms with E-state index < -0.39 is 0 Å². The Morgan fingerprint density at radius 3 is 2.88 bits per heavy atom. The smallest absolute Gasteiger partial charge is 0.166 e. The van der Waals surface area contributed by atoms with Crippen LogP contribution in [0.3, 0.4) is 0 Å². The quantitative estimate of drug-likeness (QED) is 0.583. The van der Waals surface area contributed by atoms with Crippen LogP contribution in [0.25, 0.3) is 11.0 Å². The first-order valence-corrected chi connectivity index (χ1v) is 5.39. The molecule has 0 saturated heterocycles. The average molecular weight is 235 g/mol. The number of nitrogens with two attached hydrogens (primary N) is 1. The van der Waals surface area contributed by atoms with E-state index in [2.05, 4.69) is 25.4 Å². The maximum absolute atomic E-state index is 10.5. The largest absolute Gasteiger partial charge is 0.383 e. The van der Waals surface area contributed by atoms with E-state index in [1.807, 2.05) is 0 Å². The topological polar surface area (TPSA) is 106 Å². The molecule has 0 atom stereocenters. The number of hydrogen-bond acceptors (Lipinski definition) is 7. The number of rotatable bonds is 6. The van der Waals surface area contributed by atoms with E-state index in [0.29, 0.717) is 17.6 Å². The maximum atomic E-state index is 10.5. The normalized spacial score (nSPS) is 10.6. The van der Waals surface area contributed by atoms with Gasteiger partial charge in [-0.05, 0) is 47.0 Å². The molecule has 7 nitrogen and oxygen atoms in total. The molecule has 0 amide bonds.